The van der Waals surface area contributed by atoms with Crippen LogP contribution in [-0.2, 0) is 0 Å². The van der Waals surface area contributed by atoms with Crippen molar-refractivity contribution in [2.75, 3.05) is 6.54 Å². The molecule has 1 aliphatic rings. The number of thioether (sulfide) groups is 1. The molecule has 1 N–H and O–H groups in total. The number of nitrogens with one attached hydrogen (secondary N) is 1. The smallest absolute Gasteiger partial charge is 0.0342 e. The van der Waals surface area contributed by atoms with Gasteiger partial charge in [-0.05, 0) is 44.4 Å². The largest absolute Gasteiger partial charge is 0.310 e. The Morgan fingerprint density at radius 3 is 2.82 bits per heavy atom. The molecule has 1 aliphatic heterocycles. The lowest BCUT2D eigenvalue weighted by Gasteiger charge is -2.31. The van der Waals surface area contributed by atoms with Gasteiger partial charge in [-0.3, -0.25) is 0 Å². The van der Waals surface area contributed by atoms with Gasteiger partial charge in [-0.15, -0.1) is 11.8 Å². The number of hydrogen-bond acceptors (Lipinski definition) is 2. The molecule has 17 heavy (non-hydrogen) atoms. The van der Waals surface area contributed by atoms with Gasteiger partial charge in [0, 0.05) is 16.2 Å². The average molecular weight is 249 g/mol. The molecule has 0 bridgehead atoms. The molecule has 1 aromatic rings. The van der Waals surface area contributed by atoms with Gasteiger partial charge in [-0.1, -0.05) is 31.5 Å². The van der Waals surface area contributed by atoms with Gasteiger partial charge in [0.15, 0.2) is 0 Å². The van der Waals surface area contributed by atoms with Crippen molar-refractivity contribution in [3.05, 3.63) is 28.8 Å². The number of hydrogen-bond donors (Lipinski definition) is 1. The maximum atomic E-state index is 3.70. The first-order chi connectivity index (χ1) is 8.11. The summed E-state index contributed by atoms with van der Waals surface area (Å²) in [4.78, 5) is 1.52. The van der Waals surface area contributed by atoms with Crippen LogP contribution in [0.5, 0.6) is 0 Å². The topological polar surface area (TPSA) is 12.0 Å². The molecular formula is C15H23NS. The van der Waals surface area contributed by atoms with Crippen molar-refractivity contribution in [3.63, 3.8) is 0 Å². The molecule has 2 rings (SSSR count). The third-order valence-corrected chi connectivity index (χ3v) is 4.74. The zero-order valence-corrected chi connectivity index (χ0v) is 12.2. The first-order valence-corrected chi connectivity index (χ1v) is 7.51. The minimum absolute atomic E-state index is 0.555. The van der Waals surface area contributed by atoms with Crippen molar-refractivity contribution in [2.24, 2.45) is 0 Å². The van der Waals surface area contributed by atoms with E-state index in [1.54, 1.807) is 0 Å². The lowest BCUT2D eigenvalue weighted by molar-refractivity contribution is 0.485. The minimum atomic E-state index is 0.555. The minimum Gasteiger partial charge on any atom is -0.310 e. The molecular weight excluding hydrogens is 226 g/mol. The van der Waals surface area contributed by atoms with Gasteiger partial charge in [-0.2, -0.15) is 0 Å². The second kappa shape index (κ2) is 5.45. The number of benzene rings is 1. The fourth-order valence-corrected chi connectivity index (χ4v) is 3.90. The van der Waals surface area contributed by atoms with Crippen LogP contribution in [0.2, 0.25) is 0 Å². The van der Waals surface area contributed by atoms with E-state index in [-0.39, 0.29) is 0 Å². The molecule has 0 aromatic heterocycles. The second-order valence-corrected chi connectivity index (χ2v) is 6.62. The predicted molar refractivity (Wildman–Crippen MR) is 76.9 cm³/mol. The van der Waals surface area contributed by atoms with E-state index in [9.17, 15) is 0 Å². The predicted octanol–water partition coefficient (Wildman–Crippen LogP) is 4.23. The van der Waals surface area contributed by atoms with E-state index >= 15 is 0 Å². The number of rotatable bonds is 3. The van der Waals surface area contributed by atoms with Crippen LogP contribution in [0, 0.1) is 13.8 Å². The van der Waals surface area contributed by atoms with E-state index in [0.717, 1.165) is 11.8 Å². The Morgan fingerprint density at radius 1 is 1.35 bits per heavy atom. The summed E-state index contributed by atoms with van der Waals surface area (Å²) in [5, 5.41) is 4.42. The summed E-state index contributed by atoms with van der Waals surface area (Å²) in [7, 11) is 0. The van der Waals surface area contributed by atoms with E-state index < -0.39 is 0 Å². The molecule has 1 nitrogen and oxygen atoms in total. The Balaban J connectivity index is 2.34. The summed E-state index contributed by atoms with van der Waals surface area (Å²) in [6, 6.07) is 5.23. The van der Waals surface area contributed by atoms with Crippen molar-refractivity contribution in [3.8, 4) is 0 Å². The van der Waals surface area contributed by atoms with Crippen molar-refractivity contribution in [2.45, 2.75) is 56.7 Å². The van der Waals surface area contributed by atoms with Gasteiger partial charge in [-0.25, -0.2) is 0 Å². The van der Waals surface area contributed by atoms with Crippen LogP contribution in [-0.4, -0.2) is 11.8 Å². The molecule has 0 aliphatic carbocycles. The Bertz CT molecular complexity index is 400. The second-order valence-electron chi connectivity index (χ2n) is 5.17. The molecule has 1 heterocycles. The molecule has 2 heteroatoms. The summed E-state index contributed by atoms with van der Waals surface area (Å²) in [5.74, 6) is 0. The van der Waals surface area contributed by atoms with E-state index in [0.29, 0.717) is 6.04 Å². The monoisotopic (exact) mass is 249 g/mol. The Hall–Kier alpha value is -0.470. The van der Waals surface area contributed by atoms with Crippen LogP contribution in [0.15, 0.2) is 17.0 Å². The highest BCUT2D eigenvalue weighted by molar-refractivity contribution is 8.00. The van der Waals surface area contributed by atoms with Crippen LogP contribution in [0.1, 0.15) is 49.4 Å². The molecule has 0 fully saturated rings. The van der Waals surface area contributed by atoms with Crippen LogP contribution in [0.4, 0.5) is 0 Å². The van der Waals surface area contributed by atoms with Gasteiger partial charge in [0.05, 0.1) is 0 Å². The molecule has 0 saturated heterocycles. The van der Waals surface area contributed by atoms with Gasteiger partial charge in [0.1, 0.15) is 0 Å². The Kier molecular flexibility index (Phi) is 4.16. The van der Waals surface area contributed by atoms with Crippen LogP contribution < -0.4 is 5.32 Å². The fraction of sp³-hybridized carbons (Fsp3) is 0.600. The maximum Gasteiger partial charge on any atom is 0.0342 e. The average Bonchev–Trinajstić information content (AvgIpc) is 2.27. The lowest BCUT2D eigenvalue weighted by atomic mass is 9.97. The summed E-state index contributed by atoms with van der Waals surface area (Å²) < 4.78 is 0. The van der Waals surface area contributed by atoms with Crippen LogP contribution >= 0.6 is 11.8 Å². The number of fused-ring (bicyclic) bond motifs is 1. The van der Waals surface area contributed by atoms with Gasteiger partial charge >= 0.3 is 0 Å². The highest BCUT2D eigenvalue weighted by Crippen LogP contribution is 2.42. The first-order valence-electron chi connectivity index (χ1n) is 6.63. The molecule has 2 atom stereocenters. The van der Waals surface area contributed by atoms with Crippen LogP contribution in [0.25, 0.3) is 0 Å². The molecule has 0 saturated carbocycles. The van der Waals surface area contributed by atoms with Gasteiger partial charge in [0.25, 0.3) is 0 Å². The van der Waals surface area contributed by atoms with Crippen molar-refractivity contribution >= 4 is 11.8 Å². The van der Waals surface area contributed by atoms with Gasteiger partial charge in [0.2, 0.25) is 0 Å². The van der Waals surface area contributed by atoms with Gasteiger partial charge < -0.3 is 5.32 Å². The third-order valence-electron chi connectivity index (χ3n) is 3.35. The van der Waals surface area contributed by atoms with E-state index in [2.05, 4.69) is 45.1 Å². The molecule has 1 aromatic carbocycles. The SMILES string of the molecule is CCCNC1CC(C)Sc2c(C)cc(C)cc21. The van der Waals surface area contributed by atoms with E-state index in [1.807, 2.05) is 11.8 Å². The van der Waals surface area contributed by atoms with E-state index in [4.69, 9.17) is 0 Å². The quantitative estimate of drug-likeness (QED) is 0.860. The fourth-order valence-electron chi connectivity index (χ4n) is 2.63. The lowest BCUT2D eigenvalue weighted by Crippen LogP contribution is -2.28. The highest BCUT2D eigenvalue weighted by Gasteiger charge is 2.25. The van der Waals surface area contributed by atoms with E-state index in [1.165, 1.54) is 34.4 Å². The number of aryl methyl sites for hydroxylation is 2. The highest BCUT2D eigenvalue weighted by atomic mass is 32.2. The Morgan fingerprint density at radius 2 is 2.12 bits per heavy atom. The van der Waals surface area contributed by atoms with Crippen LogP contribution in [0.3, 0.4) is 0 Å². The molecule has 0 spiro atoms. The summed E-state index contributed by atoms with van der Waals surface area (Å²) >= 11 is 2.04. The van der Waals surface area contributed by atoms with Crippen molar-refractivity contribution in [1.29, 1.82) is 0 Å². The summed E-state index contributed by atoms with van der Waals surface area (Å²) in [6.07, 6.45) is 2.46. The summed E-state index contributed by atoms with van der Waals surface area (Å²) in [5.41, 5.74) is 4.36. The third kappa shape index (κ3) is 2.86. The first kappa shape index (κ1) is 13.0. The normalized spacial score (nSPS) is 23.5. The van der Waals surface area contributed by atoms with Crippen molar-refractivity contribution in [1.82, 2.24) is 5.32 Å². The molecule has 2 unspecified atom stereocenters. The Labute approximate surface area is 109 Å². The standard InChI is InChI=1S/C15H23NS/c1-5-6-16-14-9-12(4)17-15-11(3)7-10(2)8-13(14)15/h7-8,12,14,16H,5-6,9H2,1-4H3. The zero-order valence-electron chi connectivity index (χ0n) is 11.3. The van der Waals surface area contributed by atoms with Crippen molar-refractivity contribution < 1.29 is 0 Å². The molecule has 0 radical (unpaired) electrons. The molecule has 0 amide bonds. The maximum absolute atomic E-state index is 3.70. The summed E-state index contributed by atoms with van der Waals surface area (Å²) in [6.45, 7) is 10.1. The zero-order chi connectivity index (χ0) is 12.4. The molecule has 94 valence electrons.